The lowest BCUT2D eigenvalue weighted by Crippen LogP contribution is -2.42. The van der Waals surface area contributed by atoms with Gasteiger partial charge in [-0.25, -0.2) is 4.39 Å². The van der Waals surface area contributed by atoms with Crippen molar-refractivity contribution in [2.45, 2.75) is 64.6 Å². The van der Waals surface area contributed by atoms with Gasteiger partial charge in [-0.15, -0.1) is 0 Å². The minimum Gasteiger partial charge on any atom is -0.497 e. The van der Waals surface area contributed by atoms with Gasteiger partial charge in [-0.3, -0.25) is 4.90 Å². The maximum atomic E-state index is 13.9. The first-order valence-electron chi connectivity index (χ1n) is 13.2. The molecule has 5 rings (SSSR count). The van der Waals surface area contributed by atoms with E-state index in [1.54, 1.807) is 7.11 Å². The molecule has 1 aliphatic rings. The molecule has 0 unspecified atom stereocenters. The molecule has 0 bridgehead atoms. The number of furan rings is 1. The van der Waals surface area contributed by atoms with Gasteiger partial charge in [0.15, 0.2) is 0 Å². The monoisotopic (exact) mass is 497 g/mol. The molecule has 0 N–H and O–H groups in total. The van der Waals surface area contributed by atoms with Gasteiger partial charge in [0.1, 0.15) is 23.1 Å². The van der Waals surface area contributed by atoms with Crippen LogP contribution in [0.1, 0.15) is 73.6 Å². The number of nitrogens with zero attached hydrogens (tertiary/aromatic N) is 1. The highest BCUT2D eigenvalue weighted by molar-refractivity contribution is 5.69. The van der Waals surface area contributed by atoms with E-state index in [0.29, 0.717) is 12.1 Å². The van der Waals surface area contributed by atoms with Crippen LogP contribution in [-0.4, -0.2) is 24.1 Å². The van der Waals surface area contributed by atoms with Crippen LogP contribution in [-0.2, 0) is 0 Å². The molecule has 0 saturated heterocycles. The molecule has 37 heavy (non-hydrogen) atoms. The molecule has 1 aliphatic carbocycles. The molecule has 3 aromatic carbocycles. The Morgan fingerprint density at radius 1 is 0.784 bits per heavy atom. The number of benzene rings is 3. The predicted octanol–water partition coefficient (Wildman–Crippen LogP) is 8.49. The molecule has 3 nitrogen and oxygen atoms in total. The Labute approximate surface area is 219 Å². The summed E-state index contributed by atoms with van der Waals surface area (Å²) in [6, 6.07) is 26.7. The Morgan fingerprint density at radius 2 is 1.41 bits per heavy atom. The van der Waals surface area contributed by atoms with Crippen LogP contribution in [0.2, 0.25) is 0 Å². The number of aryl methyl sites for hydroxylation is 1. The predicted molar refractivity (Wildman–Crippen MR) is 148 cm³/mol. The zero-order valence-electron chi connectivity index (χ0n) is 22.5. The van der Waals surface area contributed by atoms with Crippen LogP contribution in [0.15, 0.2) is 83.3 Å². The second kappa shape index (κ2) is 10.2. The first-order chi connectivity index (χ1) is 17.8. The van der Waals surface area contributed by atoms with Gasteiger partial charge in [-0.2, -0.15) is 0 Å². The van der Waals surface area contributed by atoms with Gasteiger partial charge in [0.2, 0.25) is 0 Å². The highest BCUT2D eigenvalue weighted by Gasteiger charge is 2.50. The van der Waals surface area contributed by atoms with Crippen molar-refractivity contribution >= 4 is 0 Å². The van der Waals surface area contributed by atoms with Crippen molar-refractivity contribution < 1.29 is 13.5 Å². The van der Waals surface area contributed by atoms with Crippen molar-refractivity contribution in [1.29, 1.82) is 0 Å². The second-order valence-corrected chi connectivity index (χ2v) is 10.6. The number of fused-ring (bicyclic) bond motifs is 1. The van der Waals surface area contributed by atoms with E-state index in [1.807, 2.05) is 12.1 Å². The van der Waals surface area contributed by atoms with Gasteiger partial charge in [0.25, 0.3) is 0 Å². The minimum absolute atomic E-state index is 0.0751. The molecule has 1 aromatic heterocycles. The summed E-state index contributed by atoms with van der Waals surface area (Å²) < 4.78 is 25.9. The zero-order valence-corrected chi connectivity index (χ0v) is 22.5. The molecule has 0 amide bonds. The molecule has 0 aliphatic heterocycles. The second-order valence-electron chi connectivity index (χ2n) is 10.6. The van der Waals surface area contributed by atoms with Crippen molar-refractivity contribution in [3.8, 4) is 17.1 Å². The molecule has 3 atom stereocenters. The first-order valence-corrected chi connectivity index (χ1v) is 13.2. The van der Waals surface area contributed by atoms with Gasteiger partial charge in [-0.05, 0) is 82.1 Å². The van der Waals surface area contributed by atoms with E-state index >= 15 is 0 Å². The average molecular weight is 498 g/mol. The van der Waals surface area contributed by atoms with Gasteiger partial charge in [0.05, 0.1) is 7.11 Å². The van der Waals surface area contributed by atoms with Crippen LogP contribution >= 0.6 is 0 Å². The summed E-state index contributed by atoms with van der Waals surface area (Å²) in [5.41, 5.74) is 5.93. The highest BCUT2D eigenvalue weighted by atomic mass is 19.1. The molecule has 0 radical (unpaired) electrons. The quantitative estimate of drug-likeness (QED) is 0.256. The molecule has 0 spiro atoms. The molecular formula is C33H36FNO2. The van der Waals surface area contributed by atoms with E-state index in [-0.39, 0.29) is 23.7 Å². The number of halogens is 1. The SMILES string of the molecule is COc1ccc([C@H]2[C@H](c3ccccc3)c3c(C)oc(-c4ccc(F)cc4)c3[C@@H]2N(C(C)C)C(C)C)cc1. The summed E-state index contributed by atoms with van der Waals surface area (Å²) in [5, 5.41) is 0. The number of rotatable bonds is 7. The molecule has 1 heterocycles. The standard InChI is InChI=1S/C33H36FNO2/c1-20(2)35(21(3)4)32-30(24-14-18-27(36-6)19-15-24)29(23-10-8-7-9-11-23)28-22(5)37-33(31(28)32)25-12-16-26(34)17-13-25/h7-21,29-30,32H,1-6H3/t29-,30+,32-/m1/s1. The fourth-order valence-electron chi connectivity index (χ4n) is 6.42. The van der Waals surface area contributed by atoms with Crippen molar-refractivity contribution in [3.63, 3.8) is 0 Å². The summed E-state index contributed by atoms with van der Waals surface area (Å²) in [6.07, 6.45) is 0. The van der Waals surface area contributed by atoms with E-state index in [0.717, 1.165) is 22.8 Å². The summed E-state index contributed by atoms with van der Waals surface area (Å²) in [4.78, 5) is 2.61. The van der Waals surface area contributed by atoms with Crippen molar-refractivity contribution in [1.82, 2.24) is 4.90 Å². The Kier molecular flexibility index (Phi) is 6.96. The van der Waals surface area contributed by atoms with Gasteiger partial charge >= 0.3 is 0 Å². The van der Waals surface area contributed by atoms with Crippen molar-refractivity contribution in [3.05, 3.63) is 113 Å². The van der Waals surface area contributed by atoms with Crippen LogP contribution in [0.5, 0.6) is 5.75 Å². The summed E-state index contributed by atoms with van der Waals surface area (Å²) >= 11 is 0. The van der Waals surface area contributed by atoms with E-state index < -0.39 is 0 Å². The topological polar surface area (TPSA) is 25.6 Å². The lowest BCUT2D eigenvalue weighted by molar-refractivity contribution is 0.0972. The third kappa shape index (κ3) is 4.48. The number of hydrogen-bond acceptors (Lipinski definition) is 3. The largest absolute Gasteiger partial charge is 0.497 e. The Hall–Kier alpha value is -3.37. The third-order valence-corrected chi connectivity index (χ3v) is 7.75. The Morgan fingerprint density at radius 3 is 1.97 bits per heavy atom. The van der Waals surface area contributed by atoms with Crippen LogP contribution in [0, 0.1) is 12.7 Å². The number of methoxy groups -OCH3 is 1. The Bertz CT molecular complexity index is 1330. The van der Waals surface area contributed by atoms with E-state index in [1.165, 1.54) is 34.4 Å². The minimum atomic E-state index is -0.246. The average Bonchev–Trinajstić information content (AvgIpc) is 3.40. The van der Waals surface area contributed by atoms with Gasteiger partial charge in [-0.1, -0.05) is 42.5 Å². The molecule has 0 saturated carbocycles. The fraction of sp³-hybridized carbons (Fsp3) is 0.333. The maximum Gasteiger partial charge on any atom is 0.139 e. The van der Waals surface area contributed by atoms with Gasteiger partial charge < -0.3 is 9.15 Å². The highest BCUT2D eigenvalue weighted by Crippen LogP contribution is 2.60. The molecular weight excluding hydrogens is 461 g/mol. The fourth-order valence-corrected chi connectivity index (χ4v) is 6.42. The Balaban J connectivity index is 1.82. The van der Waals surface area contributed by atoms with Crippen LogP contribution in [0.25, 0.3) is 11.3 Å². The lowest BCUT2D eigenvalue weighted by Gasteiger charge is -2.41. The first kappa shape index (κ1) is 25.3. The lowest BCUT2D eigenvalue weighted by atomic mass is 9.79. The smallest absolute Gasteiger partial charge is 0.139 e. The zero-order chi connectivity index (χ0) is 26.3. The molecule has 0 fully saturated rings. The van der Waals surface area contributed by atoms with E-state index in [4.69, 9.17) is 9.15 Å². The summed E-state index contributed by atoms with van der Waals surface area (Å²) in [5.74, 6) is 2.66. The van der Waals surface area contributed by atoms with E-state index in [9.17, 15) is 4.39 Å². The van der Waals surface area contributed by atoms with Crippen molar-refractivity contribution in [2.24, 2.45) is 0 Å². The summed E-state index contributed by atoms with van der Waals surface area (Å²) in [6.45, 7) is 11.1. The van der Waals surface area contributed by atoms with Crippen LogP contribution < -0.4 is 4.74 Å². The molecule has 4 aromatic rings. The number of ether oxygens (including phenoxy) is 1. The maximum absolute atomic E-state index is 13.9. The van der Waals surface area contributed by atoms with Gasteiger partial charge in [0, 0.05) is 46.7 Å². The van der Waals surface area contributed by atoms with E-state index in [2.05, 4.69) is 94.1 Å². The molecule has 4 heteroatoms. The van der Waals surface area contributed by atoms with Crippen LogP contribution in [0.3, 0.4) is 0 Å². The normalized spacial score (nSPS) is 19.1. The van der Waals surface area contributed by atoms with Crippen LogP contribution in [0.4, 0.5) is 4.39 Å². The van der Waals surface area contributed by atoms with Crippen molar-refractivity contribution in [2.75, 3.05) is 7.11 Å². The number of hydrogen-bond donors (Lipinski definition) is 0. The third-order valence-electron chi connectivity index (χ3n) is 7.75. The molecule has 192 valence electrons. The summed E-state index contributed by atoms with van der Waals surface area (Å²) in [7, 11) is 1.70.